The molecule has 5 rings (SSSR count). The van der Waals surface area contributed by atoms with E-state index in [0.717, 1.165) is 17.7 Å². The number of rotatable bonds is 6. The van der Waals surface area contributed by atoms with Crippen molar-refractivity contribution in [2.24, 2.45) is 0 Å². The van der Waals surface area contributed by atoms with Gasteiger partial charge in [0.05, 0.1) is 22.0 Å². The molecule has 0 aliphatic carbocycles. The molecular formula is C26H23F2N3O5S. The van der Waals surface area contributed by atoms with E-state index in [9.17, 15) is 26.8 Å². The predicted octanol–water partition coefficient (Wildman–Crippen LogP) is 4.59. The minimum atomic E-state index is -4.31. The molecule has 2 heterocycles. The number of sulfonamides is 1. The summed E-state index contributed by atoms with van der Waals surface area (Å²) in [4.78, 5) is 28.3. The quantitative estimate of drug-likeness (QED) is 0.506. The topological polar surface area (TPSA) is 96.0 Å². The zero-order chi connectivity index (χ0) is 26.2. The summed E-state index contributed by atoms with van der Waals surface area (Å²) in [6.45, 7) is 0.659. The van der Waals surface area contributed by atoms with Crippen molar-refractivity contribution >= 4 is 39.1 Å². The lowest BCUT2D eigenvalue weighted by molar-refractivity contribution is -0.117. The van der Waals surface area contributed by atoms with Gasteiger partial charge in [0.1, 0.15) is 18.2 Å². The molecule has 1 fully saturated rings. The Hall–Kier alpha value is -3.99. The third-order valence-electron chi connectivity index (χ3n) is 6.29. The van der Waals surface area contributed by atoms with Crippen LogP contribution in [0.3, 0.4) is 0 Å². The highest BCUT2D eigenvalue weighted by Gasteiger charge is 2.35. The minimum Gasteiger partial charge on any atom is -0.444 e. The molecule has 3 aromatic rings. The van der Waals surface area contributed by atoms with Crippen molar-refractivity contribution in [3.05, 3.63) is 83.4 Å². The molecule has 1 saturated heterocycles. The summed E-state index contributed by atoms with van der Waals surface area (Å²) in [6.07, 6.45) is 0.599. The van der Waals surface area contributed by atoms with Crippen molar-refractivity contribution in [2.75, 3.05) is 27.6 Å². The van der Waals surface area contributed by atoms with Crippen LogP contribution in [0.4, 0.5) is 30.6 Å². The maximum absolute atomic E-state index is 14.1. The number of fused-ring (bicyclic) bond motifs is 1. The second-order valence-electron chi connectivity index (χ2n) is 8.77. The number of hydrogen-bond acceptors (Lipinski definition) is 5. The molecule has 2 aliphatic heterocycles. The molecule has 0 atom stereocenters. The third kappa shape index (κ3) is 4.99. The molecule has 0 radical (unpaired) electrons. The van der Waals surface area contributed by atoms with Crippen LogP contribution in [-0.4, -0.2) is 33.5 Å². The smallest absolute Gasteiger partial charge is 0.414 e. The zero-order valence-electron chi connectivity index (χ0n) is 19.6. The summed E-state index contributed by atoms with van der Waals surface area (Å²) >= 11 is 0. The molecule has 11 heteroatoms. The minimum absolute atomic E-state index is 0.0586. The molecule has 2 amide bonds. The molecule has 37 heavy (non-hydrogen) atoms. The number of anilines is 3. The number of nitrogens with zero attached hydrogens (tertiary/aromatic N) is 2. The van der Waals surface area contributed by atoms with Crippen LogP contribution in [0.2, 0.25) is 0 Å². The molecule has 0 saturated carbocycles. The molecule has 2 aliphatic rings. The number of hydrogen-bond donors (Lipinski definition) is 1. The van der Waals surface area contributed by atoms with E-state index < -0.39 is 33.4 Å². The SMILES string of the molecule is O=C1CCCN1c1cc(S(=O)(=O)Nc2ccc(F)cc2F)cc2c1N(C(=O)OCc1ccccc1)CC2. The highest BCUT2D eigenvalue weighted by Crippen LogP contribution is 2.42. The Bertz CT molecular complexity index is 1480. The lowest BCUT2D eigenvalue weighted by atomic mass is 10.1. The Morgan fingerprint density at radius 1 is 1.00 bits per heavy atom. The van der Waals surface area contributed by atoms with Crippen molar-refractivity contribution in [3.63, 3.8) is 0 Å². The fraction of sp³-hybridized carbons (Fsp3) is 0.231. The summed E-state index contributed by atoms with van der Waals surface area (Å²) in [5, 5.41) is 0. The summed E-state index contributed by atoms with van der Waals surface area (Å²) in [5.74, 6) is -2.10. The number of carbonyl (C=O) groups is 2. The first-order valence-corrected chi connectivity index (χ1v) is 13.1. The average molecular weight is 528 g/mol. The van der Waals surface area contributed by atoms with Crippen LogP contribution in [-0.2, 0) is 32.6 Å². The fourth-order valence-corrected chi connectivity index (χ4v) is 5.65. The monoisotopic (exact) mass is 527 g/mol. The molecule has 0 bridgehead atoms. The van der Waals surface area contributed by atoms with Crippen LogP contribution in [0.25, 0.3) is 0 Å². The van der Waals surface area contributed by atoms with Crippen molar-refractivity contribution in [3.8, 4) is 0 Å². The van der Waals surface area contributed by atoms with E-state index in [-0.39, 0.29) is 29.6 Å². The number of nitrogens with one attached hydrogen (secondary N) is 1. The summed E-state index contributed by atoms with van der Waals surface area (Å²) in [6, 6.07) is 14.4. The van der Waals surface area contributed by atoms with Gasteiger partial charge in [0.15, 0.2) is 0 Å². The van der Waals surface area contributed by atoms with E-state index in [0.29, 0.717) is 43.1 Å². The number of carbonyl (C=O) groups excluding carboxylic acids is 2. The zero-order valence-corrected chi connectivity index (χ0v) is 20.4. The van der Waals surface area contributed by atoms with E-state index in [4.69, 9.17) is 4.74 Å². The second-order valence-corrected chi connectivity index (χ2v) is 10.5. The van der Waals surface area contributed by atoms with Gasteiger partial charge in [0.2, 0.25) is 5.91 Å². The highest BCUT2D eigenvalue weighted by molar-refractivity contribution is 7.92. The van der Waals surface area contributed by atoms with Gasteiger partial charge < -0.3 is 9.64 Å². The van der Waals surface area contributed by atoms with Crippen LogP contribution in [0.1, 0.15) is 24.0 Å². The van der Waals surface area contributed by atoms with Crippen LogP contribution in [0.5, 0.6) is 0 Å². The van der Waals surface area contributed by atoms with Crippen molar-refractivity contribution in [1.82, 2.24) is 0 Å². The van der Waals surface area contributed by atoms with E-state index in [1.54, 1.807) is 0 Å². The van der Waals surface area contributed by atoms with Gasteiger partial charge in [-0.3, -0.25) is 14.4 Å². The van der Waals surface area contributed by atoms with Gasteiger partial charge in [0, 0.05) is 25.6 Å². The number of ether oxygens (including phenoxy) is 1. The molecule has 0 aromatic heterocycles. The summed E-state index contributed by atoms with van der Waals surface area (Å²) in [7, 11) is -4.31. The fourth-order valence-electron chi connectivity index (χ4n) is 4.52. The third-order valence-corrected chi connectivity index (χ3v) is 7.64. The number of halogens is 2. The summed E-state index contributed by atoms with van der Waals surface area (Å²) < 4.78 is 61.4. The molecule has 0 unspecified atom stereocenters. The van der Waals surface area contributed by atoms with Crippen LogP contribution in [0, 0.1) is 11.6 Å². The average Bonchev–Trinajstić information content (AvgIpc) is 3.50. The van der Waals surface area contributed by atoms with Crippen molar-refractivity contribution < 1.29 is 31.5 Å². The van der Waals surface area contributed by atoms with E-state index in [1.165, 1.54) is 21.9 Å². The molecular weight excluding hydrogens is 504 g/mol. The van der Waals surface area contributed by atoms with Gasteiger partial charge in [-0.2, -0.15) is 0 Å². The largest absolute Gasteiger partial charge is 0.444 e. The van der Waals surface area contributed by atoms with Crippen molar-refractivity contribution in [1.29, 1.82) is 0 Å². The Morgan fingerprint density at radius 2 is 1.78 bits per heavy atom. The maximum Gasteiger partial charge on any atom is 0.414 e. The van der Waals surface area contributed by atoms with Crippen LogP contribution >= 0.6 is 0 Å². The van der Waals surface area contributed by atoms with Gasteiger partial charge in [-0.25, -0.2) is 22.0 Å². The lowest BCUT2D eigenvalue weighted by Crippen LogP contribution is -2.32. The Labute approximate surface area is 212 Å². The second kappa shape index (κ2) is 9.81. The summed E-state index contributed by atoms with van der Waals surface area (Å²) in [5.41, 5.74) is 1.63. The molecule has 192 valence electrons. The highest BCUT2D eigenvalue weighted by atomic mass is 32.2. The first kappa shape index (κ1) is 24.7. The van der Waals surface area contributed by atoms with Gasteiger partial charge in [-0.1, -0.05) is 30.3 Å². The molecule has 3 aromatic carbocycles. The van der Waals surface area contributed by atoms with E-state index >= 15 is 0 Å². The maximum atomic E-state index is 14.1. The Kier molecular flexibility index (Phi) is 6.55. The van der Waals surface area contributed by atoms with Gasteiger partial charge in [-0.05, 0) is 48.2 Å². The number of benzene rings is 3. The molecule has 8 nitrogen and oxygen atoms in total. The Morgan fingerprint density at radius 3 is 2.49 bits per heavy atom. The van der Waals surface area contributed by atoms with Crippen LogP contribution < -0.4 is 14.5 Å². The predicted molar refractivity (Wildman–Crippen MR) is 133 cm³/mol. The molecule has 0 spiro atoms. The van der Waals surface area contributed by atoms with E-state index in [2.05, 4.69) is 4.72 Å². The van der Waals surface area contributed by atoms with Crippen molar-refractivity contribution in [2.45, 2.75) is 30.8 Å². The van der Waals surface area contributed by atoms with E-state index in [1.807, 2.05) is 30.3 Å². The lowest BCUT2D eigenvalue weighted by Gasteiger charge is -2.25. The van der Waals surface area contributed by atoms with Gasteiger partial charge in [-0.15, -0.1) is 0 Å². The van der Waals surface area contributed by atoms with Crippen LogP contribution in [0.15, 0.2) is 65.6 Å². The van der Waals surface area contributed by atoms with Gasteiger partial charge in [0.25, 0.3) is 10.0 Å². The first-order chi connectivity index (χ1) is 17.7. The standard InChI is InChI=1S/C26H23F2N3O5S/c27-19-8-9-22(21(28)14-19)29-37(34,35)20-13-18-10-12-31(26(33)36-16-17-5-2-1-3-6-17)25(18)23(15-20)30-11-4-7-24(30)32/h1-3,5-6,8-9,13-15,29H,4,7,10-12,16H2. The Balaban J connectivity index is 1.49. The van der Waals surface area contributed by atoms with Gasteiger partial charge >= 0.3 is 6.09 Å². The number of amides is 2. The first-order valence-electron chi connectivity index (χ1n) is 11.7. The normalized spacial score (nSPS) is 15.1. The molecule has 1 N–H and O–H groups in total.